The molecule has 1 atom stereocenters. The number of carbonyl (C=O) groups excluding carboxylic acids is 2. The van der Waals surface area contributed by atoms with Gasteiger partial charge in [-0.25, -0.2) is 0 Å². The van der Waals surface area contributed by atoms with Gasteiger partial charge in [0, 0.05) is 19.5 Å². The summed E-state index contributed by atoms with van der Waals surface area (Å²) in [6, 6.07) is 8.99. The molecule has 2 aromatic rings. The van der Waals surface area contributed by atoms with Crippen LogP contribution in [0.2, 0.25) is 0 Å². The van der Waals surface area contributed by atoms with Crippen molar-refractivity contribution < 1.29 is 23.5 Å². The maximum atomic E-state index is 13.1. The Bertz CT molecular complexity index is 876. The van der Waals surface area contributed by atoms with Crippen LogP contribution in [0.5, 0.6) is 11.5 Å². The molecule has 0 spiro atoms. The predicted octanol–water partition coefficient (Wildman–Crippen LogP) is 3.55. The molecule has 1 saturated heterocycles. The van der Waals surface area contributed by atoms with Gasteiger partial charge in [0.25, 0.3) is 5.91 Å². The molecule has 162 valence electrons. The average Bonchev–Trinajstić information content (AvgIpc) is 3.20. The highest BCUT2D eigenvalue weighted by molar-refractivity contribution is 5.97. The molecule has 1 aliphatic rings. The van der Waals surface area contributed by atoms with Gasteiger partial charge >= 0.3 is 0 Å². The summed E-state index contributed by atoms with van der Waals surface area (Å²) in [4.78, 5) is 27.1. The van der Waals surface area contributed by atoms with Crippen LogP contribution in [0.3, 0.4) is 0 Å². The summed E-state index contributed by atoms with van der Waals surface area (Å²) in [7, 11) is 3.13. The first-order valence-electron chi connectivity index (χ1n) is 10.3. The van der Waals surface area contributed by atoms with Crippen LogP contribution in [0, 0.1) is 12.8 Å². The largest absolute Gasteiger partial charge is 0.497 e. The van der Waals surface area contributed by atoms with Gasteiger partial charge in [-0.3, -0.25) is 9.59 Å². The number of piperidine rings is 1. The summed E-state index contributed by atoms with van der Waals surface area (Å²) in [5, 5.41) is 2.90. The van der Waals surface area contributed by atoms with Gasteiger partial charge in [0.15, 0.2) is 0 Å². The van der Waals surface area contributed by atoms with E-state index in [1.54, 1.807) is 32.4 Å². The van der Waals surface area contributed by atoms with Crippen molar-refractivity contribution in [2.75, 3.05) is 27.3 Å². The zero-order valence-electron chi connectivity index (χ0n) is 17.9. The van der Waals surface area contributed by atoms with Crippen LogP contribution >= 0.6 is 0 Å². The molecule has 0 bridgehead atoms. The minimum Gasteiger partial charge on any atom is -0.497 e. The molecule has 1 N–H and O–H groups in total. The highest BCUT2D eigenvalue weighted by Crippen LogP contribution is 2.28. The number of likely N-dealkylation sites (tertiary alicyclic amines) is 1. The summed E-state index contributed by atoms with van der Waals surface area (Å²) in [5.41, 5.74) is 0.504. The normalized spacial score (nSPS) is 16.2. The van der Waals surface area contributed by atoms with Gasteiger partial charge in [0.2, 0.25) is 5.91 Å². The maximum Gasteiger partial charge on any atom is 0.257 e. The quantitative estimate of drug-likeness (QED) is 0.714. The number of hydrogen-bond donors (Lipinski definition) is 1. The summed E-state index contributed by atoms with van der Waals surface area (Å²) in [6.45, 7) is 3.63. The zero-order chi connectivity index (χ0) is 21.5. The number of benzene rings is 1. The van der Waals surface area contributed by atoms with E-state index in [-0.39, 0.29) is 11.8 Å². The van der Waals surface area contributed by atoms with E-state index in [2.05, 4.69) is 5.32 Å². The van der Waals surface area contributed by atoms with E-state index in [1.165, 1.54) is 0 Å². The van der Waals surface area contributed by atoms with Gasteiger partial charge < -0.3 is 24.1 Å². The van der Waals surface area contributed by atoms with Crippen LogP contribution in [0.1, 0.15) is 47.6 Å². The average molecular weight is 415 g/mol. The second kappa shape index (κ2) is 10.2. The first-order valence-corrected chi connectivity index (χ1v) is 10.3. The van der Waals surface area contributed by atoms with Crippen molar-refractivity contribution in [1.29, 1.82) is 0 Å². The third-order valence-electron chi connectivity index (χ3n) is 5.48. The zero-order valence-corrected chi connectivity index (χ0v) is 17.9. The maximum absolute atomic E-state index is 13.1. The number of carbonyl (C=O) groups is 2. The molecule has 7 heteroatoms. The van der Waals surface area contributed by atoms with Crippen molar-refractivity contribution in [1.82, 2.24) is 10.2 Å². The number of rotatable bonds is 8. The van der Waals surface area contributed by atoms with Crippen molar-refractivity contribution >= 4 is 11.8 Å². The third kappa shape index (κ3) is 5.55. The molecule has 1 aliphatic heterocycles. The molecule has 1 unspecified atom stereocenters. The Morgan fingerprint density at radius 3 is 2.73 bits per heavy atom. The minimum atomic E-state index is -0.0620. The lowest BCUT2D eigenvalue weighted by atomic mass is 9.92. The van der Waals surface area contributed by atoms with Crippen LogP contribution in [0.25, 0.3) is 0 Å². The van der Waals surface area contributed by atoms with E-state index < -0.39 is 0 Å². The standard InChI is InChI=1S/C23H30N2O5/c1-16-6-8-19(30-16)14-24-22(26)11-7-17-5-4-12-25(15-17)23(27)20-13-18(28-2)9-10-21(20)29-3/h6,8-10,13,17H,4-5,7,11-12,14-15H2,1-3H3,(H,24,26). The van der Waals surface area contributed by atoms with Gasteiger partial charge in [-0.1, -0.05) is 0 Å². The number of hydrogen-bond acceptors (Lipinski definition) is 5. The SMILES string of the molecule is COc1ccc(OC)c(C(=O)N2CCCC(CCC(=O)NCc3ccc(C)o3)C2)c1. The number of methoxy groups -OCH3 is 2. The Hall–Kier alpha value is -2.96. The van der Waals surface area contributed by atoms with Crippen molar-refractivity contribution in [2.45, 2.75) is 39.2 Å². The molecule has 1 aromatic carbocycles. The van der Waals surface area contributed by atoms with Gasteiger partial charge in [-0.15, -0.1) is 0 Å². The number of ether oxygens (including phenoxy) is 2. The van der Waals surface area contributed by atoms with Gasteiger partial charge in [0.1, 0.15) is 23.0 Å². The molecule has 30 heavy (non-hydrogen) atoms. The Kier molecular flexibility index (Phi) is 7.38. The molecule has 7 nitrogen and oxygen atoms in total. The Morgan fingerprint density at radius 2 is 2.03 bits per heavy atom. The van der Waals surface area contributed by atoms with E-state index in [1.807, 2.05) is 24.0 Å². The summed E-state index contributed by atoms with van der Waals surface area (Å²) >= 11 is 0. The highest BCUT2D eigenvalue weighted by Gasteiger charge is 2.27. The molecule has 2 heterocycles. The smallest absolute Gasteiger partial charge is 0.257 e. The lowest BCUT2D eigenvalue weighted by molar-refractivity contribution is -0.121. The molecule has 0 radical (unpaired) electrons. The number of nitrogens with one attached hydrogen (secondary N) is 1. The van der Waals surface area contributed by atoms with Crippen molar-refractivity contribution in [2.24, 2.45) is 5.92 Å². The first kappa shape index (κ1) is 21.7. The van der Waals surface area contributed by atoms with Crippen LogP contribution in [-0.4, -0.2) is 44.0 Å². The second-order valence-corrected chi connectivity index (χ2v) is 7.65. The molecule has 1 fully saturated rings. The van der Waals surface area contributed by atoms with Gasteiger partial charge in [0.05, 0.1) is 26.3 Å². The third-order valence-corrected chi connectivity index (χ3v) is 5.48. The van der Waals surface area contributed by atoms with Crippen LogP contribution in [0.15, 0.2) is 34.7 Å². The first-order chi connectivity index (χ1) is 14.5. The van der Waals surface area contributed by atoms with E-state index in [0.717, 1.165) is 30.8 Å². The summed E-state index contributed by atoms with van der Waals surface area (Å²) in [5.74, 6) is 2.99. The highest BCUT2D eigenvalue weighted by atomic mass is 16.5. The van der Waals surface area contributed by atoms with Crippen molar-refractivity contribution in [3.8, 4) is 11.5 Å². The molecule has 0 saturated carbocycles. The fraction of sp³-hybridized carbons (Fsp3) is 0.478. The predicted molar refractivity (Wildman–Crippen MR) is 113 cm³/mol. The van der Waals surface area contributed by atoms with Crippen LogP contribution < -0.4 is 14.8 Å². The van der Waals surface area contributed by atoms with E-state index in [9.17, 15) is 9.59 Å². The van der Waals surface area contributed by atoms with Gasteiger partial charge in [-0.05, 0) is 62.4 Å². The Morgan fingerprint density at radius 1 is 1.20 bits per heavy atom. The monoisotopic (exact) mass is 414 g/mol. The van der Waals surface area contributed by atoms with Gasteiger partial charge in [-0.2, -0.15) is 0 Å². The number of amides is 2. The Balaban J connectivity index is 1.52. The lowest BCUT2D eigenvalue weighted by Gasteiger charge is -2.33. The molecule has 3 rings (SSSR count). The molecular formula is C23H30N2O5. The van der Waals surface area contributed by atoms with E-state index >= 15 is 0 Å². The fourth-order valence-corrected chi connectivity index (χ4v) is 3.83. The molecule has 0 aliphatic carbocycles. The summed E-state index contributed by atoms with van der Waals surface area (Å²) in [6.07, 6.45) is 3.14. The van der Waals surface area contributed by atoms with Crippen molar-refractivity contribution in [3.05, 3.63) is 47.4 Å². The lowest BCUT2D eigenvalue weighted by Crippen LogP contribution is -2.40. The Labute approximate surface area is 177 Å². The molecule has 2 amide bonds. The molecular weight excluding hydrogens is 384 g/mol. The fourth-order valence-electron chi connectivity index (χ4n) is 3.83. The van der Waals surface area contributed by atoms with E-state index in [4.69, 9.17) is 13.9 Å². The van der Waals surface area contributed by atoms with Crippen LogP contribution in [0.4, 0.5) is 0 Å². The second-order valence-electron chi connectivity index (χ2n) is 7.65. The number of aryl methyl sites for hydroxylation is 1. The van der Waals surface area contributed by atoms with Crippen molar-refractivity contribution in [3.63, 3.8) is 0 Å². The number of furan rings is 1. The topological polar surface area (TPSA) is 81.0 Å². The summed E-state index contributed by atoms with van der Waals surface area (Å²) < 4.78 is 16.1. The minimum absolute atomic E-state index is 0.00182. The van der Waals surface area contributed by atoms with E-state index in [0.29, 0.717) is 49.0 Å². The number of nitrogens with zero attached hydrogens (tertiary/aromatic N) is 1. The molecule has 1 aromatic heterocycles. The van der Waals surface area contributed by atoms with Crippen LogP contribution in [-0.2, 0) is 11.3 Å².